The first-order valence-corrected chi connectivity index (χ1v) is 12.2. The SMILES string of the molecule is CCN1CCN(c2ccc(Nc3ccnc4cc(Cl)ccc34)cc2CN2CCCC2)CC1. The third kappa shape index (κ3) is 4.70. The monoisotopic (exact) mass is 449 g/mol. The first kappa shape index (κ1) is 21.5. The molecule has 6 heteroatoms. The lowest BCUT2D eigenvalue weighted by Crippen LogP contribution is -2.46. The molecule has 3 heterocycles. The summed E-state index contributed by atoms with van der Waals surface area (Å²) in [4.78, 5) is 12.2. The van der Waals surface area contributed by atoms with E-state index in [0.717, 1.165) is 61.5 Å². The Hall–Kier alpha value is -2.34. The van der Waals surface area contributed by atoms with Gasteiger partial charge in [-0.2, -0.15) is 0 Å². The Bertz CT molecular complexity index is 1070. The van der Waals surface area contributed by atoms with Crippen LogP contribution in [0.15, 0.2) is 48.7 Å². The fourth-order valence-electron chi connectivity index (χ4n) is 4.97. The van der Waals surface area contributed by atoms with E-state index in [2.05, 4.69) is 50.1 Å². The molecule has 0 saturated carbocycles. The van der Waals surface area contributed by atoms with Crippen LogP contribution >= 0.6 is 11.6 Å². The predicted molar refractivity (Wildman–Crippen MR) is 135 cm³/mol. The molecule has 32 heavy (non-hydrogen) atoms. The van der Waals surface area contributed by atoms with Crippen molar-refractivity contribution in [1.29, 1.82) is 0 Å². The minimum atomic E-state index is 0.711. The molecule has 0 aliphatic carbocycles. The second-order valence-electron chi connectivity index (χ2n) is 8.89. The summed E-state index contributed by atoms with van der Waals surface area (Å²) in [6, 6.07) is 14.8. The Kier molecular flexibility index (Phi) is 6.49. The number of likely N-dealkylation sites (tertiary alicyclic amines) is 1. The topological polar surface area (TPSA) is 34.6 Å². The Morgan fingerprint density at radius 3 is 2.50 bits per heavy atom. The first-order valence-electron chi connectivity index (χ1n) is 11.8. The third-order valence-corrected chi connectivity index (χ3v) is 7.05. The number of halogens is 1. The molecule has 0 unspecified atom stereocenters. The van der Waals surface area contributed by atoms with Crippen molar-refractivity contribution in [1.82, 2.24) is 14.8 Å². The maximum absolute atomic E-state index is 6.17. The zero-order valence-electron chi connectivity index (χ0n) is 18.9. The predicted octanol–water partition coefficient (Wildman–Crippen LogP) is 5.37. The van der Waals surface area contributed by atoms with E-state index in [1.165, 1.54) is 37.2 Å². The molecule has 2 fully saturated rings. The highest BCUT2D eigenvalue weighted by Crippen LogP contribution is 2.31. The highest BCUT2D eigenvalue weighted by molar-refractivity contribution is 6.31. The summed E-state index contributed by atoms with van der Waals surface area (Å²) in [5.74, 6) is 0. The van der Waals surface area contributed by atoms with Gasteiger partial charge in [0.25, 0.3) is 0 Å². The number of hydrogen-bond acceptors (Lipinski definition) is 5. The van der Waals surface area contributed by atoms with Gasteiger partial charge >= 0.3 is 0 Å². The Labute approximate surface area is 196 Å². The summed E-state index contributed by atoms with van der Waals surface area (Å²) in [5, 5.41) is 5.44. The molecule has 0 bridgehead atoms. The molecular weight excluding hydrogens is 418 g/mol. The second-order valence-corrected chi connectivity index (χ2v) is 9.33. The van der Waals surface area contributed by atoms with Crippen molar-refractivity contribution in [2.75, 3.05) is 56.0 Å². The van der Waals surface area contributed by atoms with Gasteiger partial charge in [0, 0.05) is 66.4 Å². The highest BCUT2D eigenvalue weighted by Gasteiger charge is 2.21. The molecule has 2 aliphatic rings. The van der Waals surface area contributed by atoms with E-state index in [0.29, 0.717) is 5.02 Å². The van der Waals surface area contributed by atoms with Crippen molar-refractivity contribution >= 4 is 39.6 Å². The van der Waals surface area contributed by atoms with Crippen LogP contribution in [0.1, 0.15) is 25.3 Å². The number of aromatic nitrogens is 1. The molecular formula is C26H32ClN5. The van der Waals surface area contributed by atoms with E-state index in [-0.39, 0.29) is 0 Å². The molecule has 5 nitrogen and oxygen atoms in total. The summed E-state index contributed by atoms with van der Waals surface area (Å²) >= 11 is 6.17. The number of nitrogens with zero attached hydrogens (tertiary/aromatic N) is 4. The molecule has 0 spiro atoms. The molecule has 168 valence electrons. The Balaban J connectivity index is 1.43. The van der Waals surface area contributed by atoms with Crippen molar-refractivity contribution in [2.45, 2.75) is 26.3 Å². The van der Waals surface area contributed by atoms with Gasteiger partial charge in [0.05, 0.1) is 5.52 Å². The number of rotatable bonds is 6. The smallest absolute Gasteiger partial charge is 0.0737 e. The molecule has 0 radical (unpaired) electrons. The Morgan fingerprint density at radius 2 is 1.72 bits per heavy atom. The van der Waals surface area contributed by atoms with Crippen molar-refractivity contribution in [2.24, 2.45) is 0 Å². The van der Waals surface area contributed by atoms with Crippen LogP contribution < -0.4 is 10.2 Å². The zero-order chi connectivity index (χ0) is 21.9. The first-order chi connectivity index (χ1) is 15.7. The average Bonchev–Trinajstić information content (AvgIpc) is 3.32. The molecule has 0 atom stereocenters. The van der Waals surface area contributed by atoms with Crippen molar-refractivity contribution in [3.63, 3.8) is 0 Å². The average molecular weight is 450 g/mol. The quantitative estimate of drug-likeness (QED) is 0.547. The number of likely N-dealkylation sites (N-methyl/N-ethyl adjacent to an activating group) is 1. The number of nitrogens with one attached hydrogen (secondary N) is 1. The highest BCUT2D eigenvalue weighted by atomic mass is 35.5. The van der Waals surface area contributed by atoms with Gasteiger partial charge in [0.15, 0.2) is 0 Å². The lowest BCUT2D eigenvalue weighted by Gasteiger charge is -2.37. The second kappa shape index (κ2) is 9.65. The van der Waals surface area contributed by atoms with Crippen LogP contribution in [0.2, 0.25) is 5.02 Å². The molecule has 0 amide bonds. The van der Waals surface area contributed by atoms with Crippen LogP contribution in [0.4, 0.5) is 17.1 Å². The minimum Gasteiger partial charge on any atom is -0.369 e. The van der Waals surface area contributed by atoms with E-state index in [9.17, 15) is 0 Å². The van der Waals surface area contributed by atoms with Gasteiger partial charge in [-0.25, -0.2) is 0 Å². The summed E-state index contributed by atoms with van der Waals surface area (Å²) in [7, 11) is 0. The van der Waals surface area contributed by atoms with E-state index in [4.69, 9.17) is 11.6 Å². The van der Waals surface area contributed by atoms with Crippen LogP contribution in [-0.4, -0.2) is 60.6 Å². The summed E-state index contributed by atoms with van der Waals surface area (Å²) in [6.45, 7) is 11.3. The molecule has 1 aromatic heterocycles. The maximum atomic E-state index is 6.17. The fourth-order valence-corrected chi connectivity index (χ4v) is 5.14. The number of pyridine rings is 1. The van der Waals surface area contributed by atoms with Gasteiger partial charge in [-0.3, -0.25) is 9.88 Å². The number of fused-ring (bicyclic) bond motifs is 1. The molecule has 2 aliphatic heterocycles. The van der Waals surface area contributed by atoms with Gasteiger partial charge in [-0.15, -0.1) is 0 Å². The maximum Gasteiger partial charge on any atom is 0.0737 e. The van der Waals surface area contributed by atoms with E-state index in [1.807, 2.05) is 30.5 Å². The lowest BCUT2D eigenvalue weighted by molar-refractivity contribution is 0.270. The minimum absolute atomic E-state index is 0.711. The van der Waals surface area contributed by atoms with Gasteiger partial charge in [-0.05, 0) is 80.5 Å². The Morgan fingerprint density at radius 1 is 0.906 bits per heavy atom. The van der Waals surface area contributed by atoms with Crippen molar-refractivity contribution in [3.8, 4) is 0 Å². The van der Waals surface area contributed by atoms with Crippen molar-refractivity contribution < 1.29 is 0 Å². The lowest BCUT2D eigenvalue weighted by atomic mass is 10.1. The van der Waals surface area contributed by atoms with Gasteiger partial charge in [0.2, 0.25) is 0 Å². The van der Waals surface area contributed by atoms with Crippen molar-refractivity contribution in [3.05, 3.63) is 59.2 Å². The van der Waals surface area contributed by atoms with Gasteiger partial charge in [-0.1, -0.05) is 18.5 Å². The van der Waals surface area contributed by atoms with Gasteiger partial charge in [0.1, 0.15) is 0 Å². The largest absolute Gasteiger partial charge is 0.369 e. The fraction of sp³-hybridized carbons (Fsp3) is 0.423. The summed E-state index contributed by atoms with van der Waals surface area (Å²) < 4.78 is 0. The van der Waals surface area contributed by atoms with E-state index < -0.39 is 0 Å². The molecule has 2 saturated heterocycles. The number of hydrogen-bond donors (Lipinski definition) is 1. The zero-order valence-corrected chi connectivity index (χ0v) is 19.6. The van der Waals surface area contributed by atoms with Crippen LogP contribution in [0.3, 0.4) is 0 Å². The van der Waals surface area contributed by atoms with Crippen LogP contribution in [0, 0.1) is 0 Å². The third-order valence-electron chi connectivity index (χ3n) is 6.82. The molecule has 3 aromatic rings. The van der Waals surface area contributed by atoms with Crippen LogP contribution in [0.25, 0.3) is 10.9 Å². The van der Waals surface area contributed by atoms with Crippen LogP contribution in [0.5, 0.6) is 0 Å². The van der Waals surface area contributed by atoms with Crippen LogP contribution in [-0.2, 0) is 6.54 Å². The molecule has 1 N–H and O–H groups in total. The molecule has 5 rings (SSSR count). The molecule has 2 aromatic carbocycles. The van der Waals surface area contributed by atoms with E-state index in [1.54, 1.807) is 0 Å². The summed E-state index contributed by atoms with van der Waals surface area (Å²) in [5.41, 5.74) is 5.90. The van der Waals surface area contributed by atoms with E-state index >= 15 is 0 Å². The standard InChI is InChI=1S/C26H32ClN5/c1-2-30-13-15-32(16-14-30)26-8-6-22(17-20(26)19-31-11-3-4-12-31)29-24-9-10-28-25-18-21(27)5-7-23(24)25/h5-10,17-18H,2-4,11-16,19H2,1H3,(H,28,29). The number of anilines is 3. The normalized spacial score (nSPS) is 17.9. The van der Waals surface area contributed by atoms with Gasteiger partial charge < -0.3 is 15.1 Å². The number of benzene rings is 2. The number of piperazine rings is 1. The summed E-state index contributed by atoms with van der Waals surface area (Å²) in [6.07, 6.45) is 4.47.